The largest absolute Gasteiger partial charge is 0.492 e. The maximum absolute atomic E-state index is 5.58. The van der Waals surface area contributed by atoms with Crippen molar-refractivity contribution in [3.63, 3.8) is 0 Å². The molecule has 18 heavy (non-hydrogen) atoms. The minimum Gasteiger partial charge on any atom is -0.492 e. The molecule has 0 amide bonds. The summed E-state index contributed by atoms with van der Waals surface area (Å²) < 4.78 is 7.59. The fraction of sp³-hybridized carbons (Fsp3) is 0.571. The molecule has 1 aliphatic carbocycles. The van der Waals surface area contributed by atoms with Crippen LogP contribution < -0.4 is 10.1 Å². The summed E-state index contributed by atoms with van der Waals surface area (Å²) in [5.41, 5.74) is 1.74. The van der Waals surface area contributed by atoms with E-state index in [0.29, 0.717) is 18.1 Å². The van der Waals surface area contributed by atoms with Crippen LogP contribution in [0.2, 0.25) is 0 Å². The third kappa shape index (κ3) is 3.28. The van der Waals surface area contributed by atoms with E-state index in [-0.39, 0.29) is 0 Å². The first-order chi connectivity index (χ1) is 8.44. The lowest BCUT2D eigenvalue weighted by atomic mass is 10.1. The van der Waals surface area contributed by atoms with E-state index < -0.39 is 0 Å². The smallest absolute Gasteiger partial charge is 0.147 e. The van der Waals surface area contributed by atoms with E-state index in [0.717, 1.165) is 21.2 Å². The number of benzene rings is 1. The maximum atomic E-state index is 5.58. The zero-order valence-electron chi connectivity index (χ0n) is 11.0. The minimum atomic E-state index is 0.472. The quantitative estimate of drug-likeness (QED) is 0.816. The van der Waals surface area contributed by atoms with Crippen molar-refractivity contribution in [2.75, 3.05) is 6.61 Å². The van der Waals surface area contributed by atoms with Gasteiger partial charge in [0.1, 0.15) is 5.75 Å². The summed E-state index contributed by atoms with van der Waals surface area (Å²) in [4.78, 5) is 0. The Hall–Kier alpha value is -0.0600. The van der Waals surface area contributed by atoms with Crippen LogP contribution >= 0.6 is 31.9 Å². The van der Waals surface area contributed by atoms with Crippen molar-refractivity contribution in [1.29, 1.82) is 0 Å². The zero-order chi connectivity index (χ0) is 13.3. The lowest BCUT2D eigenvalue weighted by molar-refractivity contribution is 0.336. The Kier molecular flexibility index (Phi) is 4.40. The number of hydrogen-bond acceptors (Lipinski definition) is 2. The molecule has 0 radical (unpaired) electrons. The molecule has 0 aromatic heterocycles. The average molecular weight is 377 g/mol. The van der Waals surface area contributed by atoms with Gasteiger partial charge in [0.2, 0.25) is 0 Å². The molecule has 1 atom stereocenters. The monoisotopic (exact) mass is 375 g/mol. The summed E-state index contributed by atoms with van der Waals surface area (Å²) in [5.74, 6) is 0.882. The molecular formula is C14H19Br2NO. The van der Waals surface area contributed by atoms with Gasteiger partial charge in [-0.05, 0) is 68.3 Å². The van der Waals surface area contributed by atoms with E-state index in [2.05, 4.69) is 63.2 Å². The highest BCUT2D eigenvalue weighted by molar-refractivity contribution is 9.11. The van der Waals surface area contributed by atoms with Crippen molar-refractivity contribution in [2.24, 2.45) is 5.41 Å². The van der Waals surface area contributed by atoms with Crippen molar-refractivity contribution in [3.8, 4) is 5.75 Å². The van der Waals surface area contributed by atoms with Gasteiger partial charge in [-0.1, -0.05) is 13.8 Å². The number of nitrogens with one attached hydrogen (secondary N) is 1. The Bertz CT molecular complexity index is 422. The first-order valence-electron chi connectivity index (χ1n) is 6.28. The van der Waals surface area contributed by atoms with Crippen LogP contribution in [0, 0.1) is 5.41 Å². The highest BCUT2D eigenvalue weighted by atomic mass is 79.9. The second-order valence-electron chi connectivity index (χ2n) is 5.45. The first kappa shape index (κ1) is 14.4. The topological polar surface area (TPSA) is 21.3 Å². The summed E-state index contributed by atoms with van der Waals surface area (Å²) >= 11 is 7.12. The molecule has 1 N–H and O–H groups in total. The van der Waals surface area contributed by atoms with Crippen LogP contribution in [0.15, 0.2) is 21.1 Å². The minimum absolute atomic E-state index is 0.472. The molecular weight excluding hydrogens is 358 g/mol. The fourth-order valence-electron chi connectivity index (χ4n) is 2.05. The van der Waals surface area contributed by atoms with Crippen LogP contribution in [-0.4, -0.2) is 12.6 Å². The third-order valence-electron chi connectivity index (χ3n) is 3.41. The Morgan fingerprint density at radius 3 is 2.33 bits per heavy atom. The zero-order valence-corrected chi connectivity index (χ0v) is 14.2. The molecule has 0 heterocycles. The second-order valence-corrected chi connectivity index (χ2v) is 7.16. The van der Waals surface area contributed by atoms with Crippen molar-refractivity contribution in [1.82, 2.24) is 5.32 Å². The van der Waals surface area contributed by atoms with Gasteiger partial charge in [0, 0.05) is 12.6 Å². The maximum Gasteiger partial charge on any atom is 0.147 e. The van der Waals surface area contributed by atoms with Crippen molar-refractivity contribution >= 4 is 31.9 Å². The standard InChI is InChI=1S/C14H19Br2NO/c1-4-18-13-10(15)5-9(6-11(13)16)8-17-12-7-14(12,2)3/h5-6,12,17H,4,7-8H2,1-3H3. The molecule has 0 aliphatic heterocycles. The van der Waals surface area contributed by atoms with Gasteiger partial charge in [0.05, 0.1) is 15.6 Å². The Balaban J connectivity index is 2.01. The highest BCUT2D eigenvalue weighted by Crippen LogP contribution is 2.44. The van der Waals surface area contributed by atoms with E-state index in [1.807, 2.05) is 6.92 Å². The molecule has 2 rings (SSSR count). The lowest BCUT2D eigenvalue weighted by Crippen LogP contribution is -2.19. The molecule has 1 fully saturated rings. The molecule has 1 aromatic carbocycles. The van der Waals surface area contributed by atoms with Crippen LogP contribution in [-0.2, 0) is 6.54 Å². The first-order valence-corrected chi connectivity index (χ1v) is 7.86. The molecule has 2 nitrogen and oxygen atoms in total. The predicted molar refractivity (Wildman–Crippen MR) is 82.0 cm³/mol. The third-order valence-corrected chi connectivity index (χ3v) is 4.59. The van der Waals surface area contributed by atoms with E-state index >= 15 is 0 Å². The molecule has 0 spiro atoms. The van der Waals surface area contributed by atoms with Gasteiger partial charge in [-0.3, -0.25) is 0 Å². The van der Waals surface area contributed by atoms with E-state index in [4.69, 9.17) is 4.74 Å². The molecule has 4 heteroatoms. The molecule has 100 valence electrons. The summed E-state index contributed by atoms with van der Waals surface area (Å²) in [6, 6.07) is 4.90. The van der Waals surface area contributed by atoms with Crippen molar-refractivity contribution in [2.45, 2.75) is 39.8 Å². The van der Waals surface area contributed by atoms with Gasteiger partial charge in [0.25, 0.3) is 0 Å². The van der Waals surface area contributed by atoms with Crippen LogP contribution in [0.4, 0.5) is 0 Å². The van der Waals surface area contributed by atoms with Gasteiger partial charge in [-0.15, -0.1) is 0 Å². The van der Waals surface area contributed by atoms with Crippen molar-refractivity contribution < 1.29 is 4.74 Å². The summed E-state index contributed by atoms with van der Waals surface area (Å²) in [6.07, 6.45) is 1.27. The molecule has 1 unspecified atom stereocenters. The highest BCUT2D eigenvalue weighted by Gasteiger charge is 2.44. The lowest BCUT2D eigenvalue weighted by Gasteiger charge is -2.12. The van der Waals surface area contributed by atoms with E-state index in [9.17, 15) is 0 Å². The number of ether oxygens (including phenoxy) is 1. The molecule has 0 saturated heterocycles. The number of rotatable bonds is 5. The number of halogens is 2. The summed E-state index contributed by atoms with van der Waals surface area (Å²) in [7, 11) is 0. The number of hydrogen-bond donors (Lipinski definition) is 1. The summed E-state index contributed by atoms with van der Waals surface area (Å²) in [5, 5.41) is 3.59. The van der Waals surface area contributed by atoms with E-state index in [1.54, 1.807) is 0 Å². The Labute approximate surface area is 126 Å². The molecule has 0 bridgehead atoms. The normalized spacial score (nSPS) is 20.8. The Morgan fingerprint density at radius 2 is 1.89 bits per heavy atom. The van der Waals surface area contributed by atoms with Crippen LogP contribution in [0.5, 0.6) is 5.75 Å². The van der Waals surface area contributed by atoms with Gasteiger partial charge >= 0.3 is 0 Å². The van der Waals surface area contributed by atoms with Crippen molar-refractivity contribution in [3.05, 3.63) is 26.6 Å². The predicted octanol–water partition coefficient (Wildman–Crippen LogP) is 4.50. The van der Waals surface area contributed by atoms with Gasteiger partial charge < -0.3 is 10.1 Å². The van der Waals surface area contributed by atoms with E-state index in [1.165, 1.54) is 12.0 Å². The molecule has 1 aliphatic rings. The van der Waals surface area contributed by atoms with Gasteiger partial charge in [-0.25, -0.2) is 0 Å². The summed E-state index contributed by atoms with van der Waals surface area (Å²) in [6.45, 7) is 8.16. The van der Waals surface area contributed by atoms with Crippen LogP contribution in [0.1, 0.15) is 32.8 Å². The molecule has 1 aromatic rings. The Morgan fingerprint density at radius 1 is 1.33 bits per heavy atom. The fourth-order valence-corrected chi connectivity index (χ4v) is 3.56. The van der Waals surface area contributed by atoms with Gasteiger partial charge in [-0.2, -0.15) is 0 Å². The molecule has 1 saturated carbocycles. The van der Waals surface area contributed by atoms with Crippen LogP contribution in [0.3, 0.4) is 0 Å². The average Bonchev–Trinajstić information content (AvgIpc) is 2.89. The SMILES string of the molecule is CCOc1c(Br)cc(CNC2CC2(C)C)cc1Br. The second kappa shape index (κ2) is 5.51. The van der Waals surface area contributed by atoms with Gasteiger partial charge in [0.15, 0.2) is 0 Å². The van der Waals surface area contributed by atoms with Crippen LogP contribution in [0.25, 0.3) is 0 Å².